The van der Waals surface area contributed by atoms with Crippen molar-refractivity contribution in [2.75, 3.05) is 7.11 Å². The zero-order chi connectivity index (χ0) is 14.7. The lowest BCUT2D eigenvalue weighted by Gasteiger charge is -2.10. The summed E-state index contributed by atoms with van der Waals surface area (Å²) in [6, 6.07) is 9.99. The molecule has 0 aliphatic carbocycles. The molecule has 106 valence electrons. The molecule has 0 radical (unpaired) electrons. The van der Waals surface area contributed by atoms with Gasteiger partial charge in [0.25, 0.3) is 0 Å². The summed E-state index contributed by atoms with van der Waals surface area (Å²) in [6.45, 7) is 0.625. The Morgan fingerprint density at radius 3 is 2.71 bits per heavy atom. The van der Waals surface area contributed by atoms with Crippen LogP contribution in [0, 0.1) is 5.82 Å². The van der Waals surface area contributed by atoms with Crippen LogP contribution in [0.5, 0.6) is 5.75 Å². The van der Waals surface area contributed by atoms with E-state index in [2.05, 4.69) is 10.1 Å². The van der Waals surface area contributed by atoms with E-state index in [4.69, 9.17) is 4.74 Å². The van der Waals surface area contributed by atoms with Crippen LogP contribution in [0.1, 0.15) is 5.56 Å². The van der Waals surface area contributed by atoms with Gasteiger partial charge in [-0.1, -0.05) is 0 Å². The number of hydrogen-bond acceptors (Lipinski definition) is 3. The number of nitrogens with zero attached hydrogens (tertiary/aromatic N) is 3. The molecular formula is C16H14FN3O. The molecule has 0 N–H and O–H groups in total. The Morgan fingerprint density at radius 2 is 2.05 bits per heavy atom. The maximum atomic E-state index is 13.0. The normalized spacial score (nSPS) is 10.6. The molecule has 0 saturated carbocycles. The molecule has 4 nitrogen and oxygen atoms in total. The Labute approximate surface area is 121 Å². The van der Waals surface area contributed by atoms with Crippen LogP contribution in [0.3, 0.4) is 0 Å². The van der Waals surface area contributed by atoms with Crippen molar-refractivity contribution in [1.29, 1.82) is 0 Å². The summed E-state index contributed by atoms with van der Waals surface area (Å²) < 4.78 is 20.2. The summed E-state index contributed by atoms with van der Waals surface area (Å²) in [5.74, 6) is 0.388. The van der Waals surface area contributed by atoms with Crippen molar-refractivity contribution in [3.8, 4) is 17.0 Å². The Hall–Kier alpha value is -2.69. The fourth-order valence-electron chi connectivity index (χ4n) is 2.13. The van der Waals surface area contributed by atoms with E-state index in [-0.39, 0.29) is 5.82 Å². The first-order valence-electron chi connectivity index (χ1n) is 6.52. The maximum Gasteiger partial charge on any atom is 0.145 e. The van der Waals surface area contributed by atoms with Crippen LogP contribution in [0.15, 0.2) is 55.0 Å². The number of pyridine rings is 1. The van der Waals surface area contributed by atoms with E-state index in [1.807, 2.05) is 23.0 Å². The Balaban J connectivity index is 1.93. The molecule has 0 atom stereocenters. The molecule has 0 aliphatic heterocycles. The summed E-state index contributed by atoms with van der Waals surface area (Å²) in [6.07, 6.45) is 5.40. The van der Waals surface area contributed by atoms with Crippen LogP contribution in [-0.4, -0.2) is 21.9 Å². The number of hydrogen-bond donors (Lipinski definition) is 0. The molecule has 3 rings (SSSR count). The molecule has 21 heavy (non-hydrogen) atoms. The lowest BCUT2D eigenvalue weighted by atomic mass is 10.1. The number of benzene rings is 1. The van der Waals surface area contributed by atoms with Gasteiger partial charge in [0.1, 0.15) is 17.3 Å². The van der Waals surface area contributed by atoms with Crippen LogP contribution >= 0.6 is 0 Å². The van der Waals surface area contributed by atoms with Gasteiger partial charge in [0.15, 0.2) is 0 Å². The van der Waals surface area contributed by atoms with Crippen molar-refractivity contribution in [2.24, 2.45) is 0 Å². The fraction of sp³-hybridized carbons (Fsp3) is 0.125. The van der Waals surface area contributed by atoms with Crippen LogP contribution in [-0.2, 0) is 6.54 Å². The van der Waals surface area contributed by atoms with Crippen molar-refractivity contribution >= 4 is 0 Å². The van der Waals surface area contributed by atoms with Crippen LogP contribution in [0.4, 0.5) is 4.39 Å². The largest absolute Gasteiger partial charge is 0.494 e. The summed E-state index contributed by atoms with van der Waals surface area (Å²) in [4.78, 5) is 4.44. The van der Waals surface area contributed by atoms with Gasteiger partial charge in [-0.15, -0.1) is 0 Å². The van der Waals surface area contributed by atoms with E-state index >= 15 is 0 Å². The van der Waals surface area contributed by atoms with Gasteiger partial charge in [-0.3, -0.25) is 9.67 Å². The van der Waals surface area contributed by atoms with Crippen molar-refractivity contribution in [3.05, 3.63) is 66.4 Å². The Bertz CT molecular complexity index is 724. The smallest absolute Gasteiger partial charge is 0.145 e. The highest BCUT2D eigenvalue weighted by atomic mass is 19.1. The average molecular weight is 283 g/mol. The second-order valence-corrected chi connectivity index (χ2v) is 4.60. The van der Waals surface area contributed by atoms with Gasteiger partial charge in [-0.05, 0) is 42.0 Å². The summed E-state index contributed by atoms with van der Waals surface area (Å²) in [5.41, 5.74) is 2.50. The van der Waals surface area contributed by atoms with Crippen LogP contribution in [0.25, 0.3) is 11.3 Å². The third kappa shape index (κ3) is 2.91. The van der Waals surface area contributed by atoms with Crippen LogP contribution < -0.4 is 4.74 Å². The number of rotatable bonds is 4. The average Bonchev–Trinajstić information content (AvgIpc) is 3.01. The highest BCUT2D eigenvalue weighted by Crippen LogP contribution is 2.28. The Kier molecular flexibility index (Phi) is 3.64. The molecule has 0 aliphatic rings. The standard InChI is InChI=1S/C16H14FN3O/c1-21-15-9-12(11-20-8-2-7-19-20)10-18-16(15)13-3-5-14(17)6-4-13/h2-10H,11H2,1H3. The second kappa shape index (κ2) is 5.75. The highest BCUT2D eigenvalue weighted by molar-refractivity contribution is 5.66. The predicted molar refractivity (Wildman–Crippen MR) is 77.5 cm³/mol. The second-order valence-electron chi connectivity index (χ2n) is 4.60. The van der Waals surface area contributed by atoms with Crippen molar-refractivity contribution in [3.63, 3.8) is 0 Å². The third-order valence-electron chi connectivity index (χ3n) is 3.15. The molecule has 0 amide bonds. The minimum Gasteiger partial charge on any atom is -0.494 e. The summed E-state index contributed by atoms with van der Waals surface area (Å²) in [5, 5.41) is 4.16. The van der Waals surface area contributed by atoms with Crippen molar-refractivity contribution in [1.82, 2.24) is 14.8 Å². The first-order chi connectivity index (χ1) is 10.3. The molecule has 0 fully saturated rings. The molecular weight excluding hydrogens is 269 g/mol. The molecule has 0 bridgehead atoms. The van der Waals surface area contributed by atoms with E-state index in [0.29, 0.717) is 18.0 Å². The van der Waals surface area contributed by atoms with Crippen LogP contribution in [0.2, 0.25) is 0 Å². The van der Waals surface area contributed by atoms with Gasteiger partial charge in [-0.2, -0.15) is 5.10 Å². The van der Waals surface area contributed by atoms with Crippen molar-refractivity contribution in [2.45, 2.75) is 6.54 Å². The van der Waals surface area contributed by atoms with Gasteiger partial charge >= 0.3 is 0 Å². The van der Waals surface area contributed by atoms with Gasteiger partial charge in [0, 0.05) is 24.2 Å². The number of halogens is 1. The first-order valence-corrected chi connectivity index (χ1v) is 6.52. The van der Waals surface area contributed by atoms with E-state index in [1.165, 1.54) is 12.1 Å². The van der Waals surface area contributed by atoms with Gasteiger partial charge in [0.05, 0.1) is 13.7 Å². The minimum atomic E-state index is -0.270. The number of methoxy groups -OCH3 is 1. The summed E-state index contributed by atoms with van der Waals surface area (Å²) >= 11 is 0. The lowest BCUT2D eigenvalue weighted by Crippen LogP contribution is -2.02. The van der Waals surface area contributed by atoms with E-state index in [9.17, 15) is 4.39 Å². The number of ether oxygens (including phenoxy) is 1. The SMILES string of the molecule is COc1cc(Cn2cccn2)cnc1-c1ccc(F)cc1. The Morgan fingerprint density at radius 1 is 1.24 bits per heavy atom. The molecule has 0 saturated heterocycles. The molecule has 2 heterocycles. The minimum absolute atomic E-state index is 0.270. The summed E-state index contributed by atoms with van der Waals surface area (Å²) in [7, 11) is 1.60. The first kappa shape index (κ1) is 13.3. The molecule has 0 unspecified atom stereocenters. The highest BCUT2D eigenvalue weighted by Gasteiger charge is 2.09. The molecule has 1 aromatic carbocycles. The molecule has 2 aromatic heterocycles. The van der Waals surface area contributed by atoms with Gasteiger partial charge < -0.3 is 4.74 Å². The molecule has 0 spiro atoms. The predicted octanol–water partition coefficient (Wildman–Crippen LogP) is 3.14. The monoisotopic (exact) mass is 283 g/mol. The van der Waals surface area contributed by atoms with Crippen molar-refractivity contribution < 1.29 is 9.13 Å². The fourth-order valence-corrected chi connectivity index (χ4v) is 2.13. The maximum absolute atomic E-state index is 13.0. The lowest BCUT2D eigenvalue weighted by molar-refractivity contribution is 0.414. The van der Waals surface area contributed by atoms with E-state index in [0.717, 1.165) is 11.1 Å². The third-order valence-corrected chi connectivity index (χ3v) is 3.15. The zero-order valence-corrected chi connectivity index (χ0v) is 11.5. The van der Waals surface area contributed by atoms with Gasteiger partial charge in [0.2, 0.25) is 0 Å². The zero-order valence-electron chi connectivity index (χ0n) is 11.5. The quantitative estimate of drug-likeness (QED) is 0.738. The van der Waals surface area contributed by atoms with Gasteiger partial charge in [-0.25, -0.2) is 4.39 Å². The van der Waals surface area contributed by atoms with E-state index < -0.39 is 0 Å². The molecule has 3 aromatic rings. The van der Waals surface area contributed by atoms with E-state index in [1.54, 1.807) is 31.6 Å². The number of aromatic nitrogens is 3. The molecule has 5 heteroatoms. The topological polar surface area (TPSA) is 39.9 Å².